The van der Waals surface area contributed by atoms with Gasteiger partial charge in [0, 0.05) is 17.6 Å². The van der Waals surface area contributed by atoms with Crippen molar-refractivity contribution in [1.82, 2.24) is 19.9 Å². The number of rotatable bonds is 7. The number of aliphatic hydroxyl groups is 1. The SMILES string of the molecule is C[C@H](O)Cn1c(=O)c(Oc2ccc(F)cc2F)cc2cnc(N(C3CCNCC3)S(C)(=O)=O)nc21. The number of ether oxygens (including phenoxy) is 1. The van der Waals surface area contributed by atoms with E-state index in [9.17, 15) is 27.1 Å². The lowest BCUT2D eigenvalue weighted by Crippen LogP contribution is -2.46. The van der Waals surface area contributed by atoms with E-state index in [1.165, 1.54) is 19.2 Å². The molecule has 0 spiro atoms. The number of nitrogens with one attached hydrogen (secondary N) is 1. The number of pyridine rings is 1. The first-order chi connectivity index (χ1) is 16.5. The lowest BCUT2D eigenvalue weighted by molar-refractivity contribution is 0.173. The van der Waals surface area contributed by atoms with E-state index < -0.39 is 33.3 Å². The minimum Gasteiger partial charge on any atom is -0.448 e. The summed E-state index contributed by atoms with van der Waals surface area (Å²) in [7, 11) is -3.74. The van der Waals surface area contributed by atoms with Gasteiger partial charge in [-0.1, -0.05) is 0 Å². The van der Waals surface area contributed by atoms with Gasteiger partial charge < -0.3 is 15.2 Å². The van der Waals surface area contributed by atoms with Crippen LogP contribution in [0.25, 0.3) is 11.0 Å². The van der Waals surface area contributed by atoms with Gasteiger partial charge >= 0.3 is 0 Å². The number of hydrogen-bond acceptors (Lipinski definition) is 8. The van der Waals surface area contributed by atoms with Crippen molar-refractivity contribution < 1.29 is 27.0 Å². The summed E-state index contributed by atoms with van der Waals surface area (Å²) in [5.74, 6) is -2.55. The Hall–Kier alpha value is -3.16. The molecular weight excluding hydrogens is 484 g/mol. The largest absolute Gasteiger partial charge is 0.448 e. The first kappa shape index (κ1) is 24.9. The first-order valence-electron chi connectivity index (χ1n) is 11.0. The summed E-state index contributed by atoms with van der Waals surface area (Å²) in [6.07, 6.45) is 2.56. The Morgan fingerprint density at radius 3 is 2.60 bits per heavy atom. The zero-order valence-corrected chi connectivity index (χ0v) is 19.9. The van der Waals surface area contributed by atoms with E-state index in [-0.39, 0.29) is 35.7 Å². The number of piperidine rings is 1. The minimum absolute atomic E-state index is 0.0791. The maximum Gasteiger partial charge on any atom is 0.295 e. The van der Waals surface area contributed by atoms with E-state index in [1.54, 1.807) is 0 Å². The van der Waals surface area contributed by atoms with Crippen LogP contribution in [0.5, 0.6) is 11.5 Å². The van der Waals surface area contributed by atoms with Crippen molar-refractivity contribution in [1.29, 1.82) is 0 Å². The molecule has 1 saturated heterocycles. The van der Waals surface area contributed by atoms with Crippen molar-refractivity contribution >= 4 is 27.0 Å². The van der Waals surface area contributed by atoms with Crippen molar-refractivity contribution in [3.8, 4) is 11.5 Å². The van der Waals surface area contributed by atoms with E-state index in [1.807, 2.05) is 0 Å². The van der Waals surface area contributed by atoms with Crippen LogP contribution in [-0.4, -0.2) is 59.6 Å². The van der Waals surface area contributed by atoms with Crippen molar-refractivity contribution in [2.75, 3.05) is 23.7 Å². The monoisotopic (exact) mass is 509 g/mol. The molecule has 1 aromatic carbocycles. The molecule has 0 radical (unpaired) electrons. The molecule has 0 bridgehead atoms. The molecule has 13 heteroatoms. The van der Waals surface area contributed by atoms with Crippen LogP contribution in [0.1, 0.15) is 19.8 Å². The molecule has 1 aliphatic heterocycles. The molecule has 188 valence electrons. The number of aromatic nitrogens is 3. The molecule has 0 amide bonds. The van der Waals surface area contributed by atoms with Crippen molar-refractivity contribution in [3.05, 3.63) is 52.5 Å². The molecule has 2 N–H and O–H groups in total. The molecular formula is C22H25F2N5O5S. The summed E-state index contributed by atoms with van der Waals surface area (Å²) >= 11 is 0. The normalized spacial score (nSPS) is 15.8. The topological polar surface area (TPSA) is 127 Å². The highest BCUT2D eigenvalue weighted by Gasteiger charge is 2.31. The molecule has 4 rings (SSSR count). The molecule has 35 heavy (non-hydrogen) atoms. The second-order valence-electron chi connectivity index (χ2n) is 8.44. The van der Waals surface area contributed by atoms with Gasteiger partial charge in [0.15, 0.2) is 17.3 Å². The molecule has 3 heterocycles. The Balaban J connectivity index is 1.85. The van der Waals surface area contributed by atoms with E-state index in [0.717, 1.165) is 27.3 Å². The van der Waals surface area contributed by atoms with E-state index in [4.69, 9.17) is 4.74 Å². The van der Waals surface area contributed by atoms with Gasteiger partial charge in [-0.3, -0.25) is 9.36 Å². The van der Waals surface area contributed by atoms with Crippen LogP contribution in [0.3, 0.4) is 0 Å². The van der Waals surface area contributed by atoms with E-state index in [2.05, 4.69) is 15.3 Å². The van der Waals surface area contributed by atoms with Gasteiger partial charge in [-0.05, 0) is 51.1 Å². The number of aliphatic hydroxyl groups excluding tert-OH is 1. The Kier molecular flexibility index (Phi) is 7.01. The van der Waals surface area contributed by atoms with Gasteiger partial charge in [0.05, 0.1) is 24.9 Å². The molecule has 10 nitrogen and oxygen atoms in total. The van der Waals surface area contributed by atoms with Gasteiger partial charge in [0.1, 0.15) is 11.5 Å². The predicted molar refractivity (Wildman–Crippen MR) is 125 cm³/mol. The predicted octanol–water partition coefficient (Wildman–Crippen LogP) is 1.76. The van der Waals surface area contributed by atoms with E-state index in [0.29, 0.717) is 37.4 Å². The number of nitrogens with zero attached hydrogens (tertiary/aromatic N) is 4. The quantitative estimate of drug-likeness (QED) is 0.494. The Bertz CT molecular complexity index is 1410. The fourth-order valence-corrected chi connectivity index (χ4v) is 5.17. The maximum atomic E-state index is 14.1. The van der Waals surface area contributed by atoms with Crippen molar-refractivity contribution in [2.24, 2.45) is 0 Å². The number of anilines is 1. The highest BCUT2D eigenvalue weighted by atomic mass is 32.2. The van der Waals surface area contributed by atoms with Gasteiger partial charge in [0.2, 0.25) is 16.0 Å². The average Bonchev–Trinajstić information content (AvgIpc) is 2.78. The Labute approximate surface area is 200 Å². The Morgan fingerprint density at radius 2 is 1.97 bits per heavy atom. The van der Waals surface area contributed by atoms with Crippen molar-refractivity contribution in [3.63, 3.8) is 0 Å². The number of fused-ring (bicyclic) bond motifs is 1. The minimum atomic E-state index is -3.74. The van der Waals surface area contributed by atoms with E-state index >= 15 is 0 Å². The maximum absolute atomic E-state index is 14.1. The van der Waals surface area contributed by atoms with Crippen LogP contribution in [0.4, 0.5) is 14.7 Å². The molecule has 1 atom stereocenters. The average molecular weight is 510 g/mol. The second kappa shape index (κ2) is 9.84. The lowest BCUT2D eigenvalue weighted by Gasteiger charge is -2.32. The summed E-state index contributed by atoms with van der Waals surface area (Å²) in [4.78, 5) is 21.8. The fraction of sp³-hybridized carbons (Fsp3) is 0.409. The van der Waals surface area contributed by atoms with Gasteiger partial charge in [-0.25, -0.2) is 26.5 Å². The van der Waals surface area contributed by atoms with Gasteiger partial charge in [0.25, 0.3) is 5.56 Å². The van der Waals surface area contributed by atoms with Crippen molar-refractivity contribution in [2.45, 2.75) is 38.5 Å². The van der Waals surface area contributed by atoms with Crippen LogP contribution < -0.4 is 19.9 Å². The Morgan fingerprint density at radius 1 is 1.26 bits per heavy atom. The zero-order valence-electron chi connectivity index (χ0n) is 19.1. The van der Waals surface area contributed by atoms with Crippen LogP contribution in [0.2, 0.25) is 0 Å². The molecule has 0 unspecified atom stereocenters. The van der Waals surface area contributed by atoms with Crippen LogP contribution >= 0.6 is 0 Å². The highest BCUT2D eigenvalue weighted by molar-refractivity contribution is 7.92. The first-order valence-corrected chi connectivity index (χ1v) is 12.8. The third-order valence-corrected chi connectivity index (χ3v) is 6.71. The summed E-state index contributed by atoms with van der Waals surface area (Å²) in [5, 5.41) is 13.5. The molecule has 0 aliphatic carbocycles. The zero-order chi connectivity index (χ0) is 25.3. The summed E-state index contributed by atoms with van der Waals surface area (Å²) in [6.45, 7) is 2.54. The van der Waals surface area contributed by atoms with Crippen LogP contribution in [0, 0.1) is 11.6 Å². The molecule has 3 aromatic rings. The molecule has 1 aliphatic rings. The molecule has 0 saturated carbocycles. The summed E-state index contributed by atoms with van der Waals surface area (Å²) in [6, 6.07) is 3.60. The standard InChI is InChI=1S/C22H25F2N5O5S/c1-13(30)12-28-20-14(9-19(21(28)31)34-18-4-3-15(23)10-17(18)24)11-26-22(27-20)29(35(2,32)33)16-5-7-25-8-6-16/h3-4,9-11,13,16,25,30H,5-8,12H2,1-2H3/t13-/m0/s1. The third kappa shape index (κ3) is 5.41. The number of hydrogen-bond donors (Lipinski definition) is 2. The third-order valence-electron chi connectivity index (χ3n) is 5.54. The number of sulfonamides is 1. The summed E-state index contributed by atoms with van der Waals surface area (Å²) < 4.78 is 60.4. The molecule has 2 aromatic heterocycles. The smallest absolute Gasteiger partial charge is 0.295 e. The number of benzene rings is 1. The van der Waals surface area contributed by atoms with Crippen LogP contribution in [-0.2, 0) is 16.6 Å². The highest BCUT2D eigenvalue weighted by Crippen LogP contribution is 2.27. The van der Waals surface area contributed by atoms with Crippen LogP contribution in [0.15, 0.2) is 35.3 Å². The molecule has 1 fully saturated rings. The second-order valence-corrected chi connectivity index (χ2v) is 10.3. The van der Waals surface area contributed by atoms with Gasteiger partial charge in [-0.2, -0.15) is 4.98 Å². The van der Waals surface area contributed by atoms with Gasteiger partial charge in [-0.15, -0.1) is 0 Å². The fourth-order valence-electron chi connectivity index (χ4n) is 4.04. The number of halogens is 2. The lowest BCUT2D eigenvalue weighted by atomic mass is 10.1. The summed E-state index contributed by atoms with van der Waals surface area (Å²) in [5.41, 5.74) is -0.657.